The van der Waals surface area contributed by atoms with E-state index in [1.54, 1.807) is 19.3 Å². The van der Waals surface area contributed by atoms with Gasteiger partial charge in [-0.3, -0.25) is 4.79 Å². The zero-order chi connectivity index (χ0) is 21.0. The molecule has 3 aromatic heterocycles. The van der Waals surface area contributed by atoms with Gasteiger partial charge >= 0.3 is 0 Å². The molecule has 7 nitrogen and oxygen atoms in total. The van der Waals surface area contributed by atoms with Crippen molar-refractivity contribution in [1.29, 1.82) is 0 Å². The molecule has 3 heterocycles. The Balaban J connectivity index is 1.65. The van der Waals surface area contributed by atoms with Crippen molar-refractivity contribution < 1.29 is 4.74 Å². The first-order valence-corrected chi connectivity index (χ1v) is 9.76. The number of hydrogen-bond donors (Lipinski definition) is 2. The lowest BCUT2D eigenvalue weighted by atomic mass is 10.2. The van der Waals surface area contributed by atoms with Gasteiger partial charge in [-0.25, -0.2) is 15.0 Å². The molecule has 0 saturated heterocycles. The van der Waals surface area contributed by atoms with Crippen molar-refractivity contribution in [3.63, 3.8) is 0 Å². The number of pyridine rings is 2. The van der Waals surface area contributed by atoms with Crippen LogP contribution in [0.5, 0.6) is 5.88 Å². The quantitative estimate of drug-likeness (QED) is 0.604. The summed E-state index contributed by atoms with van der Waals surface area (Å²) in [6, 6.07) is 5.52. The minimum atomic E-state index is -0.139. The minimum Gasteiger partial charge on any atom is -0.476 e. The van der Waals surface area contributed by atoms with Gasteiger partial charge in [0.05, 0.1) is 6.61 Å². The van der Waals surface area contributed by atoms with Crippen LogP contribution in [0.25, 0.3) is 11.4 Å². The maximum atomic E-state index is 11.9. The molecule has 152 valence electrons. The second kappa shape index (κ2) is 9.05. The lowest BCUT2D eigenvalue weighted by molar-refractivity contribution is 0.261. The third-order valence-corrected chi connectivity index (χ3v) is 4.59. The van der Waals surface area contributed by atoms with Crippen LogP contribution in [0.2, 0.25) is 5.02 Å². The number of aryl methyl sites for hydroxylation is 1. The summed E-state index contributed by atoms with van der Waals surface area (Å²) in [4.78, 5) is 27.8. The molecule has 0 aliphatic carbocycles. The van der Waals surface area contributed by atoms with E-state index in [0.717, 1.165) is 11.1 Å². The van der Waals surface area contributed by atoms with Crippen LogP contribution in [-0.4, -0.2) is 26.5 Å². The van der Waals surface area contributed by atoms with Gasteiger partial charge in [0.2, 0.25) is 5.88 Å². The second-order valence-electron chi connectivity index (χ2n) is 7.25. The normalized spacial score (nSPS) is 11.0. The summed E-state index contributed by atoms with van der Waals surface area (Å²) in [7, 11) is 0. The summed E-state index contributed by atoms with van der Waals surface area (Å²) in [5, 5.41) is 3.71. The number of hydrogen-bond acceptors (Lipinski definition) is 6. The maximum absolute atomic E-state index is 11.9. The van der Waals surface area contributed by atoms with Crippen LogP contribution in [0.4, 0.5) is 5.82 Å². The summed E-state index contributed by atoms with van der Waals surface area (Å²) in [5.41, 5.74) is 2.84. The predicted molar refractivity (Wildman–Crippen MR) is 114 cm³/mol. The highest BCUT2D eigenvalue weighted by atomic mass is 35.5. The molecule has 8 heteroatoms. The fourth-order valence-corrected chi connectivity index (χ4v) is 2.77. The van der Waals surface area contributed by atoms with E-state index in [4.69, 9.17) is 16.3 Å². The number of halogens is 1. The van der Waals surface area contributed by atoms with Gasteiger partial charge in [0.1, 0.15) is 16.7 Å². The smallest absolute Gasteiger partial charge is 0.254 e. The number of anilines is 1. The van der Waals surface area contributed by atoms with Crippen molar-refractivity contribution in [3.05, 3.63) is 62.8 Å². The topological polar surface area (TPSA) is 92.8 Å². The Morgan fingerprint density at radius 1 is 1.21 bits per heavy atom. The number of nitrogens with zero attached hydrogens (tertiary/aromatic N) is 3. The summed E-state index contributed by atoms with van der Waals surface area (Å²) in [6.07, 6.45) is 3.40. The predicted octanol–water partition coefficient (Wildman–Crippen LogP) is 4.14. The Hall–Kier alpha value is -2.93. The second-order valence-corrected chi connectivity index (χ2v) is 7.65. The molecule has 3 rings (SSSR count). The molecular weight excluding hydrogens is 390 g/mol. The third kappa shape index (κ3) is 5.32. The molecule has 0 bridgehead atoms. The Bertz CT molecular complexity index is 1050. The van der Waals surface area contributed by atoms with E-state index < -0.39 is 0 Å². The average molecular weight is 414 g/mol. The Kier molecular flexibility index (Phi) is 6.49. The summed E-state index contributed by atoms with van der Waals surface area (Å²) in [5.74, 6) is 2.04. The third-order valence-electron chi connectivity index (χ3n) is 4.32. The zero-order valence-electron chi connectivity index (χ0n) is 16.9. The highest BCUT2D eigenvalue weighted by molar-refractivity contribution is 6.31. The molecule has 0 unspecified atom stereocenters. The standard InChI is InChI=1S/C21H24ClN5O2/c1-12(2)11-29-21-17(22)7-15(9-25-21)8-23-18-6-5-16(10-24-18)19-26-14(4)13(3)20(28)27-19/h5-7,9-10,12H,8,11H2,1-4H3,(H,23,24)(H,26,27,28). The van der Waals surface area contributed by atoms with Crippen molar-refractivity contribution in [1.82, 2.24) is 19.9 Å². The number of H-pyrrole nitrogens is 1. The van der Waals surface area contributed by atoms with Crippen molar-refractivity contribution in [2.75, 3.05) is 11.9 Å². The van der Waals surface area contributed by atoms with Crippen LogP contribution in [0.15, 0.2) is 35.4 Å². The molecule has 0 aliphatic heterocycles. The lowest BCUT2D eigenvalue weighted by Gasteiger charge is -2.11. The van der Waals surface area contributed by atoms with Crippen LogP contribution < -0.4 is 15.6 Å². The Morgan fingerprint density at radius 3 is 2.62 bits per heavy atom. The van der Waals surface area contributed by atoms with E-state index in [9.17, 15) is 4.79 Å². The fraction of sp³-hybridized carbons (Fsp3) is 0.333. The Labute approximate surface area is 174 Å². The van der Waals surface area contributed by atoms with Gasteiger partial charge in [-0.15, -0.1) is 0 Å². The van der Waals surface area contributed by atoms with E-state index in [2.05, 4.69) is 39.1 Å². The van der Waals surface area contributed by atoms with Crippen LogP contribution in [0.1, 0.15) is 30.7 Å². The first-order valence-electron chi connectivity index (χ1n) is 9.38. The molecule has 0 atom stereocenters. The number of rotatable bonds is 7. The molecule has 0 amide bonds. The minimum absolute atomic E-state index is 0.139. The zero-order valence-corrected chi connectivity index (χ0v) is 17.7. The average Bonchev–Trinajstić information content (AvgIpc) is 2.69. The number of ether oxygens (including phenoxy) is 1. The molecule has 0 aliphatic rings. The molecule has 0 saturated carbocycles. The molecule has 2 N–H and O–H groups in total. The SMILES string of the molecule is Cc1nc(-c2ccc(NCc3cnc(OCC(C)C)c(Cl)c3)nc2)[nH]c(=O)c1C. The number of nitrogens with one attached hydrogen (secondary N) is 2. The molecule has 29 heavy (non-hydrogen) atoms. The monoisotopic (exact) mass is 413 g/mol. The van der Waals surface area contributed by atoms with Crippen molar-refractivity contribution in [2.45, 2.75) is 34.2 Å². The fourth-order valence-electron chi connectivity index (χ4n) is 2.53. The summed E-state index contributed by atoms with van der Waals surface area (Å²) >= 11 is 6.25. The van der Waals surface area contributed by atoms with Gasteiger partial charge in [-0.2, -0.15) is 0 Å². The van der Waals surface area contributed by atoms with Crippen molar-refractivity contribution in [2.24, 2.45) is 5.92 Å². The molecule has 0 fully saturated rings. The van der Waals surface area contributed by atoms with Crippen LogP contribution in [0.3, 0.4) is 0 Å². The summed E-state index contributed by atoms with van der Waals surface area (Å²) in [6.45, 7) is 8.79. The molecule has 0 radical (unpaired) electrons. The van der Waals surface area contributed by atoms with Gasteiger partial charge < -0.3 is 15.0 Å². The van der Waals surface area contributed by atoms with Crippen molar-refractivity contribution in [3.8, 4) is 17.3 Å². The number of aromatic amines is 1. The molecular formula is C21H24ClN5O2. The van der Waals surface area contributed by atoms with Gasteiger partial charge in [0.15, 0.2) is 0 Å². The highest BCUT2D eigenvalue weighted by Gasteiger charge is 2.08. The van der Waals surface area contributed by atoms with E-state index >= 15 is 0 Å². The van der Waals surface area contributed by atoms with E-state index in [1.165, 1.54) is 0 Å². The lowest BCUT2D eigenvalue weighted by Crippen LogP contribution is -2.14. The van der Waals surface area contributed by atoms with Crippen LogP contribution in [0, 0.1) is 19.8 Å². The van der Waals surface area contributed by atoms with Gasteiger partial charge in [0.25, 0.3) is 5.56 Å². The first-order chi connectivity index (χ1) is 13.8. The van der Waals surface area contributed by atoms with E-state index in [-0.39, 0.29) is 5.56 Å². The highest BCUT2D eigenvalue weighted by Crippen LogP contribution is 2.23. The first kappa shape index (κ1) is 20.8. The summed E-state index contributed by atoms with van der Waals surface area (Å²) < 4.78 is 5.59. The van der Waals surface area contributed by atoms with Gasteiger partial charge in [0, 0.05) is 35.8 Å². The van der Waals surface area contributed by atoms with Crippen LogP contribution in [-0.2, 0) is 6.54 Å². The molecule has 3 aromatic rings. The van der Waals surface area contributed by atoms with Crippen LogP contribution >= 0.6 is 11.6 Å². The van der Waals surface area contributed by atoms with E-state index in [0.29, 0.717) is 52.9 Å². The molecule has 0 aromatic carbocycles. The molecule has 0 spiro atoms. The Morgan fingerprint density at radius 2 is 2.00 bits per heavy atom. The number of aromatic nitrogens is 4. The van der Waals surface area contributed by atoms with Gasteiger partial charge in [-0.1, -0.05) is 25.4 Å². The van der Waals surface area contributed by atoms with E-state index in [1.807, 2.05) is 25.1 Å². The van der Waals surface area contributed by atoms with Gasteiger partial charge in [-0.05, 0) is 43.5 Å². The largest absolute Gasteiger partial charge is 0.476 e. The van der Waals surface area contributed by atoms with Crippen molar-refractivity contribution >= 4 is 17.4 Å². The maximum Gasteiger partial charge on any atom is 0.254 e.